The number of ketones is 1. The average Bonchev–Trinajstić information content (AvgIpc) is 2.48. The Morgan fingerprint density at radius 1 is 1.35 bits per heavy atom. The van der Waals surface area contributed by atoms with Crippen molar-refractivity contribution in [3.63, 3.8) is 0 Å². The lowest BCUT2D eigenvalue weighted by Crippen LogP contribution is -2.34. The van der Waals surface area contributed by atoms with E-state index in [-0.39, 0.29) is 17.8 Å². The molecule has 2 aliphatic rings. The van der Waals surface area contributed by atoms with Gasteiger partial charge in [0, 0.05) is 12.2 Å². The Bertz CT molecular complexity index is 549. The second-order valence-electron chi connectivity index (χ2n) is 5.18. The summed E-state index contributed by atoms with van der Waals surface area (Å²) in [5, 5.41) is 2.75. The number of anilines is 1. The Hall–Kier alpha value is -1.88. The maximum absolute atomic E-state index is 12.4. The van der Waals surface area contributed by atoms with Crippen molar-refractivity contribution in [2.24, 2.45) is 0 Å². The Labute approximate surface area is 117 Å². The van der Waals surface area contributed by atoms with E-state index in [0.717, 1.165) is 19.3 Å². The molecule has 2 aliphatic heterocycles. The van der Waals surface area contributed by atoms with Gasteiger partial charge in [0.15, 0.2) is 11.9 Å². The lowest BCUT2D eigenvalue weighted by Gasteiger charge is -2.25. The van der Waals surface area contributed by atoms with Crippen LogP contribution in [-0.4, -0.2) is 30.5 Å². The zero-order valence-electron chi connectivity index (χ0n) is 11.3. The second-order valence-corrected chi connectivity index (χ2v) is 5.18. The number of Topliss-reactive ketones (excluding diaryl/α,β-unsaturated/α-hetero) is 1. The molecule has 2 heterocycles. The fraction of sp³-hybridized carbons (Fsp3) is 0.467. The van der Waals surface area contributed by atoms with Gasteiger partial charge in [0.1, 0.15) is 11.9 Å². The molecule has 0 radical (unpaired) electrons. The van der Waals surface area contributed by atoms with Gasteiger partial charge in [-0.05, 0) is 44.4 Å². The molecule has 1 amide bonds. The molecule has 2 atom stereocenters. The van der Waals surface area contributed by atoms with E-state index >= 15 is 0 Å². The first-order chi connectivity index (χ1) is 9.65. The van der Waals surface area contributed by atoms with Gasteiger partial charge in [0.05, 0.1) is 5.69 Å². The van der Waals surface area contributed by atoms with Gasteiger partial charge in [0.2, 0.25) is 0 Å². The summed E-state index contributed by atoms with van der Waals surface area (Å²) < 4.78 is 11.0. The number of rotatable bonds is 2. The molecule has 1 saturated heterocycles. The molecule has 20 heavy (non-hydrogen) atoms. The van der Waals surface area contributed by atoms with E-state index in [1.54, 1.807) is 25.1 Å². The summed E-state index contributed by atoms with van der Waals surface area (Å²) >= 11 is 0. The first kappa shape index (κ1) is 13.1. The van der Waals surface area contributed by atoms with Crippen molar-refractivity contribution in [2.75, 3.05) is 11.9 Å². The number of benzene rings is 1. The summed E-state index contributed by atoms with van der Waals surface area (Å²) in [5.74, 6) is 0.370. The van der Waals surface area contributed by atoms with E-state index in [2.05, 4.69) is 5.32 Å². The van der Waals surface area contributed by atoms with Gasteiger partial charge >= 0.3 is 0 Å². The van der Waals surface area contributed by atoms with E-state index in [1.807, 2.05) is 0 Å². The molecule has 3 rings (SSSR count). The SMILES string of the molecule is CC1Oc2ccc(C(=O)C3CCCCO3)cc2NC1=O. The van der Waals surface area contributed by atoms with Crippen LogP contribution in [0.15, 0.2) is 18.2 Å². The third-order valence-corrected chi connectivity index (χ3v) is 3.67. The summed E-state index contributed by atoms with van der Waals surface area (Å²) in [4.78, 5) is 23.9. The van der Waals surface area contributed by atoms with Crippen LogP contribution in [0.1, 0.15) is 36.5 Å². The van der Waals surface area contributed by atoms with Crippen molar-refractivity contribution in [1.82, 2.24) is 0 Å². The van der Waals surface area contributed by atoms with E-state index in [9.17, 15) is 9.59 Å². The van der Waals surface area contributed by atoms with Crippen molar-refractivity contribution in [3.05, 3.63) is 23.8 Å². The number of hydrogen-bond acceptors (Lipinski definition) is 4. The number of carbonyl (C=O) groups is 2. The van der Waals surface area contributed by atoms with Crippen LogP contribution in [0.2, 0.25) is 0 Å². The first-order valence-corrected chi connectivity index (χ1v) is 6.92. The Morgan fingerprint density at radius 2 is 2.20 bits per heavy atom. The van der Waals surface area contributed by atoms with Gasteiger partial charge < -0.3 is 14.8 Å². The van der Waals surface area contributed by atoms with Crippen molar-refractivity contribution < 1.29 is 19.1 Å². The molecule has 5 heteroatoms. The summed E-state index contributed by atoms with van der Waals surface area (Å²) in [5.41, 5.74) is 1.10. The minimum Gasteiger partial charge on any atom is -0.479 e. The summed E-state index contributed by atoms with van der Waals surface area (Å²) in [6, 6.07) is 5.12. The molecule has 0 aromatic heterocycles. The molecule has 0 bridgehead atoms. The normalized spacial score (nSPS) is 25.4. The molecule has 0 spiro atoms. The fourth-order valence-electron chi connectivity index (χ4n) is 2.50. The average molecular weight is 275 g/mol. The number of hydrogen-bond donors (Lipinski definition) is 1. The summed E-state index contributed by atoms with van der Waals surface area (Å²) in [6.45, 7) is 2.33. The van der Waals surface area contributed by atoms with Gasteiger partial charge in [-0.15, -0.1) is 0 Å². The summed E-state index contributed by atoms with van der Waals surface area (Å²) in [6.07, 6.45) is 1.91. The Kier molecular flexibility index (Phi) is 3.44. The van der Waals surface area contributed by atoms with Gasteiger partial charge in [-0.25, -0.2) is 0 Å². The molecule has 5 nitrogen and oxygen atoms in total. The summed E-state index contributed by atoms with van der Waals surface area (Å²) in [7, 11) is 0. The smallest absolute Gasteiger partial charge is 0.265 e. The quantitative estimate of drug-likeness (QED) is 0.840. The van der Waals surface area contributed by atoms with E-state index in [1.165, 1.54) is 0 Å². The minimum absolute atomic E-state index is 0.0274. The monoisotopic (exact) mass is 275 g/mol. The Morgan fingerprint density at radius 3 is 2.95 bits per heavy atom. The van der Waals surface area contributed by atoms with Crippen LogP contribution < -0.4 is 10.1 Å². The maximum atomic E-state index is 12.4. The number of carbonyl (C=O) groups excluding carboxylic acids is 2. The molecule has 1 aromatic rings. The van der Waals surface area contributed by atoms with Crippen LogP contribution in [0.5, 0.6) is 5.75 Å². The zero-order valence-corrected chi connectivity index (χ0v) is 11.3. The molecular weight excluding hydrogens is 258 g/mol. The molecule has 106 valence electrons. The highest BCUT2D eigenvalue weighted by atomic mass is 16.5. The molecule has 2 unspecified atom stereocenters. The van der Waals surface area contributed by atoms with Crippen LogP contribution in [0, 0.1) is 0 Å². The Balaban J connectivity index is 1.83. The molecule has 1 N–H and O–H groups in total. The van der Waals surface area contributed by atoms with Crippen LogP contribution in [0.3, 0.4) is 0 Å². The van der Waals surface area contributed by atoms with E-state index in [4.69, 9.17) is 9.47 Å². The molecule has 0 aliphatic carbocycles. The van der Waals surface area contributed by atoms with Crippen molar-refractivity contribution in [2.45, 2.75) is 38.4 Å². The number of nitrogens with one attached hydrogen (secondary N) is 1. The van der Waals surface area contributed by atoms with Crippen LogP contribution in [0.25, 0.3) is 0 Å². The molecule has 1 aromatic carbocycles. The largest absolute Gasteiger partial charge is 0.479 e. The first-order valence-electron chi connectivity index (χ1n) is 6.92. The predicted octanol–water partition coefficient (Wildman–Crippen LogP) is 2.16. The lowest BCUT2D eigenvalue weighted by atomic mass is 9.99. The molecule has 1 fully saturated rings. The number of ether oxygens (including phenoxy) is 2. The van der Waals surface area contributed by atoms with E-state index < -0.39 is 6.10 Å². The lowest BCUT2D eigenvalue weighted by molar-refractivity contribution is -0.122. The zero-order chi connectivity index (χ0) is 14.1. The van der Waals surface area contributed by atoms with Gasteiger partial charge in [-0.2, -0.15) is 0 Å². The molecular formula is C15H17NO4. The number of fused-ring (bicyclic) bond motifs is 1. The standard InChI is InChI=1S/C15H17NO4/c1-9-15(18)16-11-8-10(5-6-12(11)20-9)14(17)13-4-2-3-7-19-13/h5-6,8-9,13H,2-4,7H2,1H3,(H,16,18). The van der Waals surface area contributed by atoms with Gasteiger partial charge in [-0.1, -0.05) is 0 Å². The molecule has 0 saturated carbocycles. The van der Waals surface area contributed by atoms with E-state index in [0.29, 0.717) is 23.6 Å². The number of amides is 1. The maximum Gasteiger partial charge on any atom is 0.265 e. The van der Waals surface area contributed by atoms with Gasteiger partial charge in [0.25, 0.3) is 5.91 Å². The van der Waals surface area contributed by atoms with Crippen molar-refractivity contribution in [3.8, 4) is 5.75 Å². The highest BCUT2D eigenvalue weighted by Gasteiger charge is 2.27. The second kappa shape index (κ2) is 5.25. The minimum atomic E-state index is -0.509. The van der Waals surface area contributed by atoms with Crippen LogP contribution in [-0.2, 0) is 9.53 Å². The van der Waals surface area contributed by atoms with Crippen LogP contribution >= 0.6 is 0 Å². The predicted molar refractivity (Wildman–Crippen MR) is 73.1 cm³/mol. The highest BCUT2D eigenvalue weighted by molar-refractivity contribution is 6.03. The van der Waals surface area contributed by atoms with Crippen molar-refractivity contribution in [1.29, 1.82) is 0 Å². The third kappa shape index (κ3) is 2.41. The topological polar surface area (TPSA) is 64.6 Å². The third-order valence-electron chi connectivity index (χ3n) is 3.67. The highest BCUT2D eigenvalue weighted by Crippen LogP contribution is 2.31. The fourth-order valence-corrected chi connectivity index (χ4v) is 2.50. The van der Waals surface area contributed by atoms with Gasteiger partial charge in [-0.3, -0.25) is 9.59 Å². The van der Waals surface area contributed by atoms with Crippen LogP contribution in [0.4, 0.5) is 5.69 Å². The van der Waals surface area contributed by atoms with Crippen molar-refractivity contribution >= 4 is 17.4 Å².